The summed E-state index contributed by atoms with van der Waals surface area (Å²) >= 11 is 1.82. The lowest BCUT2D eigenvalue weighted by molar-refractivity contribution is 0.242. The first-order valence-electron chi connectivity index (χ1n) is 8.04. The van der Waals surface area contributed by atoms with Crippen molar-refractivity contribution in [2.24, 2.45) is 5.92 Å². The van der Waals surface area contributed by atoms with E-state index in [0.717, 1.165) is 55.5 Å². The predicted octanol–water partition coefficient (Wildman–Crippen LogP) is 2.65. The molecule has 5 heteroatoms. The molecule has 1 N–H and O–H groups in total. The summed E-state index contributed by atoms with van der Waals surface area (Å²) in [5, 5.41) is 2.20. The molecule has 0 aromatic carbocycles. The van der Waals surface area contributed by atoms with Crippen LogP contribution in [0.4, 0.5) is 0 Å². The molecule has 0 spiro atoms. The zero-order valence-corrected chi connectivity index (χ0v) is 13.7. The van der Waals surface area contributed by atoms with E-state index in [2.05, 4.69) is 28.3 Å². The number of hydrogen-bond acceptors (Lipinski definition) is 4. The van der Waals surface area contributed by atoms with Crippen molar-refractivity contribution in [3.63, 3.8) is 0 Å². The van der Waals surface area contributed by atoms with Crippen LogP contribution >= 0.6 is 11.3 Å². The Morgan fingerprint density at radius 2 is 2.32 bits per heavy atom. The summed E-state index contributed by atoms with van der Waals surface area (Å²) in [7, 11) is 0. The van der Waals surface area contributed by atoms with Crippen LogP contribution in [0.3, 0.4) is 0 Å². The molecule has 1 aliphatic heterocycles. The van der Waals surface area contributed by atoms with Crippen molar-refractivity contribution in [3.05, 3.63) is 49.3 Å². The Hall–Kier alpha value is -1.46. The van der Waals surface area contributed by atoms with E-state index in [-0.39, 0.29) is 5.56 Å². The van der Waals surface area contributed by atoms with Gasteiger partial charge in [-0.25, -0.2) is 4.98 Å². The minimum atomic E-state index is 0.0901. The standard InChI is InChI=1S/C17H21N3OS/c1-11-6-13(22-10-11)8-20-5-4-14-15(9-20)18-16(19-17(14)21)7-12-2-3-12/h6,10,12H,2-5,7-9H2,1H3,(H,18,19,21). The normalized spacial score (nSPS) is 18.4. The molecule has 2 aliphatic rings. The van der Waals surface area contributed by atoms with E-state index in [4.69, 9.17) is 4.98 Å². The lowest BCUT2D eigenvalue weighted by Gasteiger charge is -2.27. The number of aromatic nitrogens is 2. The lowest BCUT2D eigenvalue weighted by atomic mass is 10.1. The molecule has 22 heavy (non-hydrogen) atoms. The van der Waals surface area contributed by atoms with Gasteiger partial charge >= 0.3 is 0 Å². The summed E-state index contributed by atoms with van der Waals surface area (Å²) in [5.41, 5.74) is 3.32. The van der Waals surface area contributed by atoms with E-state index in [9.17, 15) is 4.79 Å². The fourth-order valence-electron chi connectivity index (χ4n) is 3.17. The first-order valence-corrected chi connectivity index (χ1v) is 8.92. The molecule has 0 unspecified atom stereocenters. The van der Waals surface area contributed by atoms with E-state index in [1.807, 2.05) is 11.3 Å². The Kier molecular flexibility index (Phi) is 3.62. The molecule has 116 valence electrons. The second-order valence-electron chi connectivity index (χ2n) is 6.64. The first-order chi connectivity index (χ1) is 10.7. The third kappa shape index (κ3) is 3.01. The average molecular weight is 315 g/mol. The van der Waals surface area contributed by atoms with E-state index >= 15 is 0 Å². The van der Waals surface area contributed by atoms with Crippen molar-refractivity contribution in [1.82, 2.24) is 14.9 Å². The highest BCUT2D eigenvalue weighted by Gasteiger charge is 2.25. The van der Waals surface area contributed by atoms with Crippen molar-refractivity contribution in [2.75, 3.05) is 6.54 Å². The zero-order valence-electron chi connectivity index (χ0n) is 12.9. The summed E-state index contributed by atoms with van der Waals surface area (Å²) in [6.07, 6.45) is 4.31. The number of thiophene rings is 1. The number of hydrogen-bond donors (Lipinski definition) is 1. The summed E-state index contributed by atoms with van der Waals surface area (Å²) in [6.45, 7) is 4.84. The number of aromatic amines is 1. The molecule has 4 nitrogen and oxygen atoms in total. The lowest BCUT2D eigenvalue weighted by Crippen LogP contribution is -2.35. The van der Waals surface area contributed by atoms with Crippen LogP contribution in [0.1, 0.15) is 40.4 Å². The number of nitrogens with zero attached hydrogens (tertiary/aromatic N) is 2. The predicted molar refractivity (Wildman–Crippen MR) is 88.2 cm³/mol. The maximum absolute atomic E-state index is 12.2. The van der Waals surface area contributed by atoms with E-state index < -0.39 is 0 Å². The van der Waals surface area contributed by atoms with Gasteiger partial charge in [0.05, 0.1) is 5.69 Å². The summed E-state index contributed by atoms with van der Waals surface area (Å²) in [5.74, 6) is 1.63. The Balaban J connectivity index is 1.53. The second-order valence-corrected chi connectivity index (χ2v) is 7.63. The maximum Gasteiger partial charge on any atom is 0.254 e. The minimum Gasteiger partial charge on any atom is -0.310 e. The summed E-state index contributed by atoms with van der Waals surface area (Å²) in [4.78, 5) is 23.8. The average Bonchev–Trinajstić information content (AvgIpc) is 3.20. The quantitative estimate of drug-likeness (QED) is 0.943. The molecule has 1 fully saturated rings. The second kappa shape index (κ2) is 5.63. The van der Waals surface area contributed by atoms with Crippen LogP contribution in [-0.2, 0) is 25.9 Å². The molecule has 2 aromatic heterocycles. The van der Waals surface area contributed by atoms with Gasteiger partial charge in [0, 0.05) is 36.5 Å². The number of nitrogens with one attached hydrogen (secondary N) is 1. The molecule has 0 amide bonds. The first kappa shape index (κ1) is 14.2. The molecule has 2 aromatic rings. The number of H-pyrrole nitrogens is 1. The van der Waals surface area contributed by atoms with Crippen molar-refractivity contribution in [2.45, 2.75) is 45.7 Å². The fraction of sp³-hybridized carbons (Fsp3) is 0.529. The van der Waals surface area contributed by atoms with Gasteiger partial charge in [-0.2, -0.15) is 0 Å². The molecule has 3 heterocycles. The molecular weight excluding hydrogens is 294 g/mol. The van der Waals surface area contributed by atoms with Crippen LogP contribution in [-0.4, -0.2) is 21.4 Å². The number of rotatable bonds is 4. The largest absolute Gasteiger partial charge is 0.310 e. The fourth-order valence-corrected chi connectivity index (χ4v) is 4.08. The maximum atomic E-state index is 12.2. The van der Waals surface area contributed by atoms with Crippen LogP contribution in [0.2, 0.25) is 0 Å². The molecular formula is C17H21N3OS. The molecule has 0 saturated heterocycles. The number of fused-ring (bicyclic) bond motifs is 1. The highest BCUT2D eigenvalue weighted by Crippen LogP contribution is 2.31. The van der Waals surface area contributed by atoms with Crippen molar-refractivity contribution >= 4 is 11.3 Å². The van der Waals surface area contributed by atoms with E-state index in [1.165, 1.54) is 23.3 Å². The third-order valence-electron chi connectivity index (χ3n) is 4.54. The summed E-state index contributed by atoms with van der Waals surface area (Å²) in [6, 6.07) is 2.25. The van der Waals surface area contributed by atoms with Crippen LogP contribution in [0.15, 0.2) is 16.2 Å². The van der Waals surface area contributed by atoms with Crippen molar-refractivity contribution in [1.29, 1.82) is 0 Å². The Morgan fingerprint density at radius 3 is 3.05 bits per heavy atom. The highest BCUT2D eigenvalue weighted by atomic mass is 32.1. The third-order valence-corrected chi connectivity index (χ3v) is 5.58. The van der Waals surface area contributed by atoms with Gasteiger partial charge in [0.25, 0.3) is 5.56 Å². The van der Waals surface area contributed by atoms with Gasteiger partial charge in [-0.1, -0.05) is 0 Å². The number of aryl methyl sites for hydroxylation is 1. The zero-order chi connectivity index (χ0) is 15.1. The van der Waals surface area contributed by atoms with Crippen molar-refractivity contribution in [3.8, 4) is 0 Å². The van der Waals surface area contributed by atoms with E-state index in [0.29, 0.717) is 0 Å². The smallest absolute Gasteiger partial charge is 0.254 e. The van der Waals surface area contributed by atoms with Crippen LogP contribution in [0.5, 0.6) is 0 Å². The topological polar surface area (TPSA) is 49.0 Å². The minimum absolute atomic E-state index is 0.0901. The van der Waals surface area contributed by atoms with Gasteiger partial charge in [0.1, 0.15) is 5.82 Å². The molecule has 1 saturated carbocycles. The van der Waals surface area contributed by atoms with Gasteiger partial charge in [0.2, 0.25) is 0 Å². The van der Waals surface area contributed by atoms with Gasteiger partial charge in [-0.05, 0) is 49.1 Å². The molecule has 0 radical (unpaired) electrons. The SMILES string of the molecule is Cc1csc(CN2CCc3c(nc(CC4CC4)[nH]c3=O)C2)c1. The van der Waals surface area contributed by atoms with Crippen LogP contribution in [0, 0.1) is 12.8 Å². The van der Waals surface area contributed by atoms with Gasteiger partial charge in [0.15, 0.2) is 0 Å². The highest BCUT2D eigenvalue weighted by molar-refractivity contribution is 7.10. The Morgan fingerprint density at radius 1 is 1.45 bits per heavy atom. The van der Waals surface area contributed by atoms with Gasteiger partial charge < -0.3 is 4.98 Å². The Bertz CT molecular complexity index is 745. The molecule has 0 atom stereocenters. The monoisotopic (exact) mass is 315 g/mol. The van der Waals surface area contributed by atoms with Gasteiger partial charge in [-0.3, -0.25) is 9.69 Å². The Labute approximate surface area is 134 Å². The molecule has 0 bridgehead atoms. The van der Waals surface area contributed by atoms with E-state index in [1.54, 1.807) is 0 Å². The summed E-state index contributed by atoms with van der Waals surface area (Å²) < 4.78 is 0. The van der Waals surface area contributed by atoms with Crippen molar-refractivity contribution < 1.29 is 0 Å². The van der Waals surface area contributed by atoms with Gasteiger partial charge in [-0.15, -0.1) is 11.3 Å². The molecule has 1 aliphatic carbocycles. The van der Waals surface area contributed by atoms with Crippen LogP contribution in [0.25, 0.3) is 0 Å². The van der Waals surface area contributed by atoms with Crippen LogP contribution < -0.4 is 5.56 Å². The molecule has 4 rings (SSSR count).